The van der Waals surface area contributed by atoms with Crippen molar-refractivity contribution in [2.45, 2.75) is 66.2 Å². The summed E-state index contributed by atoms with van der Waals surface area (Å²) >= 11 is 0. The van der Waals surface area contributed by atoms with E-state index in [2.05, 4.69) is 86.1 Å². The second-order valence-electron chi connectivity index (χ2n) is 11.4. The summed E-state index contributed by atoms with van der Waals surface area (Å²) in [6.45, 7) is 11.3. The highest BCUT2D eigenvalue weighted by Crippen LogP contribution is 2.41. The summed E-state index contributed by atoms with van der Waals surface area (Å²) in [5.74, 6) is 0.652. The summed E-state index contributed by atoms with van der Waals surface area (Å²) in [6, 6.07) is 20.3. The van der Waals surface area contributed by atoms with Crippen LogP contribution < -0.4 is 15.2 Å². The van der Waals surface area contributed by atoms with Crippen molar-refractivity contribution >= 4 is 22.8 Å². The fourth-order valence-corrected chi connectivity index (χ4v) is 5.69. The standard InChI is InChI=1S/C38H47N3O3/c1-6-9-10-11-12-13-16-24-39-36(42)23-25-40(5)38(43)31-18-15-14-17-30(31)37-32-21-19-28(4)26-34(32)44-35-27-29(20-22-33(35)37)41(7-2)8-3/h9-10,14-15,17-22,26-27H,6-8,11-13,16,23-25H2,1-5H3/p+1/b10-9+. The molecule has 4 rings (SSSR count). The summed E-state index contributed by atoms with van der Waals surface area (Å²) in [5, 5.41) is 5.08. The second kappa shape index (κ2) is 16.0. The fourth-order valence-electron chi connectivity index (χ4n) is 5.69. The Labute approximate surface area is 262 Å². The molecule has 232 valence electrons. The van der Waals surface area contributed by atoms with Gasteiger partial charge in [-0.05, 0) is 75.8 Å². The molecular formula is C38H48N3O3+. The number of nitrogens with zero attached hydrogens (tertiary/aromatic N) is 2. The molecule has 0 saturated carbocycles. The van der Waals surface area contributed by atoms with Crippen LogP contribution in [0.15, 0.2) is 77.2 Å². The first-order valence-electron chi connectivity index (χ1n) is 16.2. The quantitative estimate of drug-likeness (QED) is 0.0715. The van der Waals surface area contributed by atoms with Crippen LogP contribution in [0.25, 0.3) is 33.4 Å². The van der Waals surface area contributed by atoms with Crippen molar-refractivity contribution in [2.75, 3.05) is 33.2 Å². The zero-order valence-corrected chi connectivity index (χ0v) is 27.1. The molecule has 0 bridgehead atoms. The number of benzene rings is 3. The molecule has 0 saturated heterocycles. The Morgan fingerprint density at radius 2 is 1.70 bits per heavy atom. The van der Waals surface area contributed by atoms with Crippen molar-refractivity contribution in [3.8, 4) is 22.5 Å². The summed E-state index contributed by atoms with van der Waals surface area (Å²) in [5.41, 5.74) is 5.29. The Hall–Kier alpha value is -4.19. The molecule has 1 aliphatic heterocycles. The maximum Gasteiger partial charge on any atom is 0.254 e. The number of unbranched alkanes of at least 4 members (excludes halogenated alkanes) is 3. The third kappa shape index (κ3) is 8.04. The third-order valence-electron chi connectivity index (χ3n) is 8.21. The Balaban J connectivity index is 1.57. The second-order valence-corrected chi connectivity index (χ2v) is 11.4. The lowest BCUT2D eigenvalue weighted by Crippen LogP contribution is -2.33. The maximum absolute atomic E-state index is 13.9. The van der Waals surface area contributed by atoms with Gasteiger partial charge in [0, 0.05) is 54.7 Å². The van der Waals surface area contributed by atoms with Crippen LogP contribution in [-0.4, -0.2) is 49.9 Å². The molecule has 0 radical (unpaired) electrons. The number of nitrogens with one attached hydrogen (secondary N) is 1. The van der Waals surface area contributed by atoms with Crippen LogP contribution in [0.2, 0.25) is 0 Å². The summed E-state index contributed by atoms with van der Waals surface area (Å²) in [6.07, 6.45) is 10.1. The minimum atomic E-state index is -0.109. The summed E-state index contributed by atoms with van der Waals surface area (Å²) < 4.78 is 8.78. The molecule has 6 nitrogen and oxygen atoms in total. The lowest BCUT2D eigenvalue weighted by molar-refractivity contribution is -0.121. The van der Waals surface area contributed by atoms with Gasteiger partial charge in [-0.3, -0.25) is 9.59 Å². The number of fused-ring (bicyclic) bond motifs is 2. The minimum absolute atomic E-state index is 0.0233. The number of amides is 2. The van der Waals surface area contributed by atoms with E-state index in [1.54, 1.807) is 11.9 Å². The molecule has 2 amide bonds. The van der Waals surface area contributed by atoms with Gasteiger partial charge < -0.3 is 14.6 Å². The Kier molecular flexibility index (Phi) is 11.9. The average Bonchev–Trinajstić information content (AvgIpc) is 3.03. The summed E-state index contributed by atoms with van der Waals surface area (Å²) in [4.78, 5) is 28.1. The van der Waals surface area contributed by atoms with E-state index in [1.165, 1.54) is 0 Å². The number of carbonyl (C=O) groups is 2. The van der Waals surface area contributed by atoms with E-state index in [0.717, 1.165) is 89.5 Å². The smallest absolute Gasteiger partial charge is 0.254 e. The molecule has 1 heterocycles. The van der Waals surface area contributed by atoms with E-state index in [9.17, 15) is 9.59 Å². The lowest BCUT2D eigenvalue weighted by atomic mass is 9.90. The predicted molar refractivity (Wildman–Crippen MR) is 182 cm³/mol. The molecule has 0 atom stereocenters. The molecular weight excluding hydrogens is 546 g/mol. The normalized spacial score (nSPS) is 11.4. The number of hydrogen-bond acceptors (Lipinski definition) is 3. The molecule has 0 aromatic heterocycles. The van der Waals surface area contributed by atoms with Gasteiger partial charge in [0.15, 0.2) is 0 Å². The zero-order chi connectivity index (χ0) is 31.5. The molecule has 1 aliphatic carbocycles. The third-order valence-corrected chi connectivity index (χ3v) is 8.21. The first-order chi connectivity index (χ1) is 21.4. The Morgan fingerprint density at radius 1 is 0.909 bits per heavy atom. The van der Waals surface area contributed by atoms with Gasteiger partial charge in [-0.2, -0.15) is 0 Å². The van der Waals surface area contributed by atoms with Crippen LogP contribution in [0.4, 0.5) is 0 Å². The highest BCUT2D eigenvalue weighted by molar-refractivity contribution is 6.09. The molecule has 44 heavy (non-hydrogen) atoms. The van der Waals surface area contributed by atoms with Crippen LogP contribution in [0.5, 0.6) is 0 Å². The SMILES string of the molecule is CC/C=C/CCCCCNC(=O)CCN(C)C(=O)c1ccccc1-c1c2ccc(=[N+](CC)CC)cc-2oc2cc(C)ccc12. The summed E-state index contributed by atoms with van der Waals surface area (Å²) in [7, 11) is 1.77. The molecule has 2 aromatic carbocycles. The number of aryl methyl sites for hydroxylation is 1. The van der Waals surface area contributed by atoms with Crippen LogP contribution in [0, 0.1) is 6.92 Å². The first-order valence-corrected chi connectivity index (χ1v) is 16.2. The lowest BCUT2D eigenvalue weighted by Gasteiger charge is -2.21. The molecule has 1 N–H and O–H groups in total. The van der Waals surface area contributed by atoms with Crippen molar-refractivity contribution in [1.29, 1.82) is 0 Å². The van der Waals surface area contributed by atoms with Crippen molar-refractivity contribution in [2.24, 2.45) is 0 Å². The zero-order valence-electron chi connectivity index (χ0n) is 27.1. The number of rotatable bonds is 14. The largest absolute Gasteiger partial charge is 0.456 e. The van der Waals surface area contributed by atoms with Crippen LogP contribution in [0.1, 0.15) is 75.2 Å². The van der Waals surface area contributed by atoms with E-state index in [1.807, 2.05) is 24.3 Å². The number of carbonyl (C=O) groups excluding carboxylic acids is 2. The molecule has 2 aromatic rings. The molecule has 6 heteroatoms. The highest BCUT2D eigenvalue weighted by atomic mass is 16.3. The van der Waals surface area contributed by atoms with Gasteiger partial charge in [-0.15, -0.1) is 0 Å². The van der Waals surface area contributed by atoms with Crippen molar-refractivity contribution in [1.82, 2.24) is 14.8 Å². The molecule has 0 unspecified atom stereocenters. The first kappa shape index (κ1) is 32.7. The Morgan fingerprint density at radius 3 is 2.48 bits per heavy atom. The average molecular weight is 595 g/mol. The van der Waals surface area contributed by atoms with E-state index in [0.29, 0.717) is 18.7 Å². The van der Waals surface area contributed by atoms with Crippen molar-refractivity contribution < 1.29 is 14.0 Å². The van der Waals surface area contributed by atoms with E-state index in [-0.39, 0.29) is 18.2 Å². The van der Waals surface area contributed by atoms with E-state index >= 15 is 0 Å². The van der Waals surface area contributed by atoms with Crippen molar-refractivity contribution in [3.05, 3.63) is 89.3 Å². The van der Waals surface area contributed by atoms with E-state index in [4.69, 9.17) is 4.42 Å². The van der Waals surface area contributed by atoms with Crippen LogP contribution in [0.3, 0.4) is 0 Å². The van der Waals surface area contributed by atoms with Gasteiger partial charge in [0.25, 0.3) is 5.91 Å². The molecule has 0 spiro atoms. The van der Waals surface area contributed by atoms with Crippen LogP contribution >= 0.6 is 0 Å². The predicted octanol–water partition coefficient (Wildman–Crippen LogP) is 7.43. The monoisotopic (exact) mass is 594 g/mol. The van der Waals surface area contributed by atoms with Gasteiger partial charge >= 0.3 is 0 Å². The minimum Gasteiger partial charge on any atom is -0.456 e. The highest BCUT2D eigenvalue weighted by Gasteiger charge is 2.23. The fraction of sp³-hybridized carbons (Fsp3) is 0.395. The molecule has 2 aliphatic rings. The van der Waals surface area contributed by atoms with Gasteiger partial charge in [0.2, 0.25) is 11.3 Å². The molecule has 0 fully saturated rings. The number of hydrogen-bond donors (Lipinski definition) is 1. The Bertz CT molecular complexity index is 1640. The van der Waals surface area contributed by atoms with Gasteiger partial charge in [-0.1, -0.05) is 55.8 Å². The topological polar surface area (TPSA) is 65.6 Å². The maximum atomic E-state index is 13.9. The van der Waals surface area contributed by atoms with E-state index < -0.39 is 0 Å². The number of allylic oxidation sites excluding steroid dienone is 2. The van der Waals surface area contributed by atoms with Gasteiger partial charge in [-0.25, -0.2) is 4.58 Å². The van der Waals surface area contributed by atoms with Crippen LogP contribution in [-0.2, 0) is 4.79 Å². The van der Waals surface area contributed by atoms with Gasteiger partial charge in [0.05, 0.1) is 6.07 Å². The van der Waals surface area contributed by atoms with Gasteiger partial charge in [0.1, 0.15) is 24.4 Å². The van der Waals surface area contributed by atoms with Crippen molar-refractivity contribution in [3.63, 3.8) is 0 Å².